The largest absolute Gasteiger partial charge is 0.469 e. The molecule has 21 heavy (non-hydrogen) atoms. The number of ether oxygens (including phenoxy) is 1. The van der Waals surface area contributed by atoms with Crippen molar-refractivity contribution in [2.75, 3.05) is 19.7 Å². The Morgan fingerprint density at radius 1 is 1.43 bits per heavy atom. The van der Waals surface area contributed by atoms with Gasteiger partial charge >= 0.3 is 6.03 Å². The summed E-state index contributed by atoms with van der Waals surface area (Å²) in [6, 6.07) is 2.07. The molecule has 0 spiro atoms. The molecule has 0 bridgehead atoms. The van der Waals surface area contributed by atoms with Crippen LogP contribution < -0.4 is 5.32 Å². The normalized spacial score (nSPS) is 24.6. The molecule has 1 aliphatic heterocycles. The lowest BCUT2D eigenvalue weighted by Crippen LogP contribution is -2.45. The second-order valence-corrected chi connectivity index (χ2v) is 5.87. The Morgan fingerprint density at radius 2 is 2.33 bits per heavy atom. The molecule has 5 heteroatoms. The zero-order valence-electron chi connectivity index (χ0n) is 12.6. The summed E-state index contributed by atoms with van der Waals surface area (Å²) in [4.78, 5) is 14.3. The van der Waals surface area contributed by atoms with Crippen molar-refractivity contribution in [1.29, 1.82) is 0 Å². The number of hydrogen-bond acceptors (Lipinski definition) is 3. The number of aryl methyl sites for hydroxylation is 1. The highest BCUT2D eigenvalue weighted by atomic mass is 16.5. The van der Waals surface area contributed by atoms with Crippen LogP contribution in [0.2, 0.25) is 0 Å². The fourth-order valence-corrected chi connectivity index (χ4v) is 3.27. The number of amides is 2. The molecule has 2 aliphatic rings. The number of likely N-dealkylation sites (N-methyl/N-ethyl adjacent to an activating group) is 1. The van der Waals surface area contributed by atoms with Crippen LogP contribution in [-0.2, 0) is 11.2 Å². The lowest BCUT2D eigenvalue weighted by Gasteiger charge is -2.28. The van der Waals surface area contributed by atoms with Crippen LogP contribution in [0.5, 0.6) is 0 Å². The Balaban J connectivity index is 1.60. The van der Waals surface area contributed by atoms with Gasteiger partial charge in [-0.05, 0) is 38.7 Å². The fourth-order valence-electron chi connectivity index (χ4n) is 3.27. The summed E-state index contributed by atoms with van der Waals surface area (Å²) in [6.45, 7) is 4.23. The molecular formula is C16H24N2O3. The monoisotopic (exact) mass is 292 g/mol. The first kappa shape index (κ1) is 14.4. The predicted molar refractivity (Wildman–Crippen MR) is 79.1 cm³/mol. The van der Waals surface area contributed by atoms with E-state index in [-0.39, 0.29) is 18.2 Å². The lowest BCUT2D eigenvalue weighted by atomic mass is 9.93. The van der Waals surface area contributed by atoms with E-state index in [9.17, 15) is 4.79 Å². The summed E-state index contributed by atoms with van der Waals surface area (Å²) in [5.41, 5.74) is 1.14. The average molecular weight is 292 g/mol. The van der Waals surface area contributed by atoms with Crippen LogP contribution in [-0.4, -0.2) is 36.7 Å². The first-order valence-corrected chi connectivity index (χ1v) is 8.01. The minimum atomic E-state index is 0.00653. The van der Waals surface area contributed by atoms with Crippen molar-refractivity contribution in [3.63, 3.8) is 0 Å². The van der Waals surface area contributed by atoms with E-state index in [4.69, 9.17) is 9.15 Å². The zero-order chi connectivity index (χ0) is 14.7. The number of fused-ring (bicyclic) bond motifs is 1. The molecule has 1 aromatic heterocycles. The Kier molecular flexibility index (Phi) is 4.48. The van der Waals surface area contributed by atoms with Crippen molar-refractivity contribution in [3.05, 3.63) is 23.7 Å². The highest BCUT2D eigenvalue weighted by Gasteiger charge is 2.27. The maximum absolute atomic E-state index is 12.5. The van der Waals surface area contributed by atoms with Gasteiger partial charge in [-0.1, -0.05) is 0 Å². The van der Waals surface area contributed by atoms with E-state index >= 15 is 0 Å². The molecular weight excluding hydrogens is 268 g/mol. The molecule has 0 radical (unpaired) electrons. The van der Waals surface area contributed by atoms with Gasteiger partial charge in [-0.25, -0.2) is 4.79 Å². The quantitative estimate of drug-likeness (QED) is 0.928. The molecule has 3 rings (SSSR count). The lowest BCUT2D eigenvalue weighted by molar-refractivity contribution is 0.0819. The van der Waals surface area contributed by atoms with Gasteiger partial charge in [0.2, 0.25) is 0 Å². The van der Waals surface area contributed by atoms with Crippen molar-refractivity contribution in [2.45, 2.75) is 51.2 Å². The van der Waals surface area contributed by atoms with E-state index in [2.05, 4.69) is 5.32 Å². The number of hydrogen-bond donors (Lipinski definition) is 1. The standard InChI is InChI=1S/C16H24N2O3/c1-2-18(11-12-5-4-9-20-12)16(19)17-14-6-3-7-15-13(14)8-10-21-15/h8,10,12,14H,2-7,9,11H2,1H3,(H,17,19)/t12-,14+/m0/s1. The number of nitrogens with one attached hydrogen (secondary N) is 1. The number of carbonyl (C=O) groups is 1. The van der Waals surface area contributed by atoms with Crippen LogP contribution in [0.25, 0.3) is 0 Å². The van der Waals surface area contributed by atoms with E-state index in [1.54, 1.807) is 6.26 Å². The zero-order valence-corrected chi connectivity index (χ0v) is 12.6. The van der Waals surface area contributed by atoms with Gasteiger partial charge in [-0.15, -0.1) is 0 Å². The maximum atomic E-state index is 12.5. The smallest absolute Gasteiger partial charge is 0.317 e. The van der Waals surface area contributed by atoms with E-state index in [0.29, 0.717) is 13.1 Å². The molecule has 2 heterocycles. The summed E-state index contributed by atoms with van der Waals surface area (Å²) in [7, 11) is 0. The summed E-state index contributed by atoms with van der Waals surface area (Å²) >= 11 is 0. The molecule has 0 aromatic carbocycles. The van der Waals surface area contributed by atoms with E-state index in [1.807, 2.05) is 17.9 Å². The third-order valence-electron chi connectivity index (χ3n) is 4.47. The van der Waals surface area contributed by atoms with E-state index in [1.165, 1.54) is 0 Å². The Labute approximate surface area is 125 Å². The fraction of sp³-hybridized carbons (Fsp3) is 0.688. The number of nitrogens with zero attached hydrogens (tertiary/aromatic N) is 1. The molecule has 2 amide bonds. The molecule has 1 N–H and O–H groups in total. The molecule has 116 valence electrons. The van der Waals surface area contributed by atoms with Crippen LogP contribution in [0.3, 0.4) is 0 Å². The maximum Gasteiger partial charge on any atom is 0.317 e. The van der Waals surface area contributed by atoms with Gasteiger partial charge in [0.15, 0.2) is 0 Å². The third kappa shape index (κ3) is 3.23. The van der Waals surface area contributed by atoms with Gasteiger partial charge < -0.3 is 19.4 Å². The minimum Gasteiger partial charge on any atom is -0.469 e. The first-order valence-electron chi connectivity index (χ1n) is 8.01. The highest BCUT2D eigenvalue weighted by Crippen LogP contribution is 2.30. The molecule has 5 nitrogen and oxygen atoms in total. The molecule has 1 saturated heterocycles. The van der Waals surface area contributed by atoms with Gasteiger partial charge in [0.1, 0.15) is 5.76 Å². The highest BCUT2D eigenvalue weighted by molar-refractivity contribution is 5.74. The number of urea groups is 1. The summed E-state index contributed by atoms with van der Waals surface area (Å²) in [5.74, 6) is 1.02. The first-order chi connectivity index (χ1) is 10.3. The van der Waals surface area contributed by atoms with Crippen LogP contribution in [0.15, 0.2) is 16.7 Å². The second kappa shape index (κ2) is 6.52. The molecule has 1 aliphatic carbocycles. The predicted octanol–water partition coefficient (Wildman–Crippen LogP) is 2.87. The van der Waals surface area contributed by atoms with Crippen LogP contribution in [0.1, 0.15) is 50.0 Å². The third-order valence-corrected chi connectivity index (χ3v) is 4.47. The summed E-state index contributed by atoms with van der Waals surface area (Å²) in [5, 5.41) is 3.16. The number of carbonyl (C=O) groups excluding carboxylic acids is 1. The van der Waals surface area contributed by atoms with Crippen molar-refractivity contribution in [2.24, 2.45) is 0 Å². The SMILES string of the molecule is CCN(C[C@@H]1CCCO1)C(=O)N[C@@H]1CCCc2occc21. The van der Waals surface area contributed by atoms with Gasteiger partial charge in [-0.3, -0.25) is 0 Å². The Morgan fingerprint density at radius 3 is 3.10 bits per heavy atom. The summed E-state index contributed by atoms with van der Waals surface area (Å²) in [6.07, 6.45) is 7.09. The molecule has 1 aromatic rings. The van der Waals surface area contributed by atoms with Crippen molar-refractivity contribution in [1.82, 2.24) is 10.2 Å². The van der Waals surface area contributed by atoms with Gasteiger partial charge in [-0.2, -0.15) is 0 Å². The molecule has 0 unspecified atom stereocenters. The van der Waals surface area contributed by atoms with Gasteiger partial charge in [0.25, 0.3) is 0 Å². The Bertz CT molecular complexity index is 480. The van der Waals surface area contributed by atoms with Crippen LogP contribution in [0, 0.1) is 0 Å². The molecule has 2 atom stereocenters. The van der Waals surface area contributed by atoms with Crippen LogP contribution >= 0.6 is 0 Å². The van der Waals surface area contributed by atoms with E-state index < -0.39 is 0 Å². The average Bonchev–Trinajstić information content (AvgIpc) is 3.16. The number of rotatable bonds is 4. The van der Waals surface area contributed by atoms with Gasteiger partial charge in [0.05, 0.1) is 18.4 Å². The Hall–Kier alpha value is -1.49. The van der Waals surface area contributed by atoms with Crippen molar-refractivity contribution < 1.29 is 13.9 Å². The van der Waals surface area contributed by atoms with Crippen molar-refractivity contribution >= 4 is 6.03 Å². The summed E-state index contributed by atoms with van der Waals surface area (Å²) < 4.78 is 11.1. The number of furan rings is 1. The minimum absolute atomic E-state index is 0.00653. The van der Waals surface area contributed by atoms with Crippen molar-refractivity contribution in [3.8, 4) is 0 Å². The van der Waals surface area contributed by atoms with Gasteiger partial charge in [0, 0.05) is 31.7 Å². The second-order valence-electron chi connectivity index (χ2n) is 5.87. The molecule has 1 fully saturated rings. The topological polar surface area (TPSA) is 54.7 Å². The molecule has 0 saturated carbocycles. The van der Waals surface area contributed by atoms with Crippen LogP contribution in [0.4, 0.5) is 4.79 Å². The van der Waals surface area contributed by atoms with E-state index in [0.717, 1.165) is 50.0 Å².